The number of carbonyl (C=O) groups is 4. The summed E-state index contributed by atoms with van der Waals surface area (Å²) in [6, 6.07) is 3.24. The molecular formula is C27H39NO8. The van der Waals surface area contributed by atoms with E-state index in [1.165, 1.54) is 12.1 Å². The predicted molar refractivity (Wildman–Crippen MR) is 133 cm³/mol. The highest BCUT2D eigenvalue weighted by Crippen LogP contribution is 2.35. The molecule has 1 aliphatic carbocycles. The van der Waals surface area contributed by atoms with Gasteiger partial charge in [-0.2, -0.15) is 0 Å². The third kappa shape index (κ3) is 8.93. The molecule has 1 aromatic carbocycles. The second kappa shape index (κ2) is 14.6. The van der Waals surface area contributed by atoms with Crippen LogP contribution in [0.4, 0.5) is 0 Å². The molecule has 3 N–H and O–H groups in total. The van der Waals surface area contributed by atoms with E-state index in [1.54, 1.807) is 13.0 Å². The van der Waals surface area contributed by atoms with Gasteiger partial charge in [0.25, 0.3) is 0 Å². The van der Waals surface area contributed by atoms with Crippen LogP contribution in [-0.4, -0.2) is 41.1 Å². The standard InChI is InChI=1S/C27H39NO8/c1-4-9-23(29)35-21-14-13-19(16-22(21)36-24(30)10-5-2)20(25(28)26(31)32)15-17(3)34-27(33)18-11-7-6-8-12-18/h13-14,16-18,20,25H,4-12,15,28H2,1-3H3,(H,31,32)/t17?,20?,25-/m0/s1. The number of esters is 3. The summed E-state index contributed by atoms with van der Waals surface area (Å²) in [4.78, 5) is 48.7. The van der Waals surface area contributed by atoms with Gasteiger partial charge in [-0.05, 0) is 56.7 Å². The van der Waals surface area contributed by atoms with E-state index in [0.29, 0.717) is 18.4 Å². The molecule has 1 saturated carbocycles. The fourth-order valence-corrected chi connectivity index (χ4v) is 4.38. The Balaban J connectivity index is 2.29. The molecule has 9 nitrogen and oxygen atoms in total. The van der Waals surface area contributed by atoms with Crippen LogP contribution < -0.4 is 15.2 Å². The molecule has 1 aliphatic rings. The van der Waals surface area contributed by atoms with E-state index >= 15 is 0 Å². The van der Waals surface area contributed by atoms with E-state index in [4.69, 9.17) is 19.9 Å². The highest BCUT2D eigenvalue weighted by atomic mass is 16.6. The minimum atomic E-state index is -1.30. The molecule has 0 spiro atoms. The van der Waals surface area contributed by atoms with E-state index in [9.17, 15) is 24.3 Å². The van der Waals surface area contributed by atoms with Gasteiger partial charge in [-0.1, -0.05) is 39.2 Å². The molecule has 3 atom stereocenters. The molecule has 0 amide bonds. The van der Waals surface area contributed by atoms with Crippen molar-refractivity contribution in [2.24, 2.45) is 11.7 Å². The average molecular weight is 506 g/mol. The van der Waals surface area contributed by atoms with Gasteiger partial charge in [0.2, 0.25) is 0 Å². The number of carboxylic acids is 1. The topological polar surface area (TPSA) is 142 Å². The summed E-state index contributed by atoms with van der Waals surface area (Å²) < 4.78 is 16.5. The summed E-state index contributed by atoms with van der Waals surface area (Å²) in [6.45, 7) is 5.38. The Hall–Kier alpha value is -2.94. The fraction of sp³-hybridized carbons (Fsp3) is 0.630. The number of nitrogens with two attached hydrogens (primary N) is 1. The lowest BCUT2D eigenvalue weighted by atomic mass is 9.86. The van der Waals surface area contributed by atoms with Crippen molar-refractivity contribution in [1.29, 1.82) is 0 Å². The second-order valence-corrected chi connectivity index (χ2v) is 9.44. The van der Waals surface area contributed by atoms with Crippen LogP contribution in [0.1, 0.15) is 96.5 Å². The van der Waals surface area contributed by atoms with Gasteiger partial charge >= 0.3 is 23.9 Å². The zero-order chi connectivity index (χ0) is 26.7. The monoisotopic (exact) mass is 505 g/mol. The number of rotatable bonds is 13. The summed E-state index contributed by atoms with van der Waals surface area (Å²) in [5.74, 6) is -3.25. The third-order valence-corrected chi connectivity index (χ3v) is 6.31. The van der Waals surface area contributed by atoms with E-state index in [0.717, 1.165) is 32.1 Å². The number of carbonyl (C=O) groups excluding carboxylic acids is 3. The maximum absolute atomic E-state index is 12.6. The summed E-state index contributed by atoms with van der Waals surface area (Å²) in [5, 5.41) is 9.64. The Morgan fingerprint density at radius 1 is 0.972 bits per heavy atom. The Labute approximate surface area is 212 Å². The molecule has 0 bridgehead atoms. The Morgan fingerprint density at radius 3 is 2.11 bits per heavy atom. The summed E-state index contributed by atoms with van der Waals surface area (Å²) in [7, 11) is 0. The number of ether oxygens (including phenoxy) is 3. The lowest BCUT2D eigenvalue weighted by Crippen LogP contribution is -2.38. The number of carboxylic acid groups (broad SMARTS) is 1. The molecule has 0 aromatic heterocycles. The van der Waals surface area contributed by atoms with Crippen molar-refractivity contribution in [3.63, 3.8) is 0 Å². The molecule has 2 unspecified atom stereocenters. The summed E-state index contributed by atoms with van der Waals surface area (Å²) in [6.07, 6.45) is 5.80. The van der Waals surface area contributed by atoms with Gasteiger partial charge in [0, 0.05) is 18.8 Å². The Bertz CT molecular complexity index is 909. The highest BCUT2D eigenvalue weighted by Gasteiger charge is 2.31. The maximum atomic E-state index is 12.6. The maximum Gasteiger partial charge on any atom is 0.321 e. The molecule has 2 rings (SSSR count). The van der Waals surface area contributed by atoms with Crippen LogP contribution in [0, 0.1) is 5.92 Å². The number of hydrogen-bond acceptors (Lipinski definition) is 8. The van der Waals surface area contributed by atoms with Gasteiger partial charge in [-0.15, -0.1) is 0 Å². The lowest BCUT2D eigenvalue weighted by molar-refractivity contribution is -0.155. The van der Waals surface area contributed by atoms with Gasteiger partial charge in [-0.3, -0.25) is 19.2 Å². The molecule has 0 saturated heterocycles. The Morgan fingerprint density at radius 2 is 1.56 bits per heavy atom. The first-order chi connectivity index (χ1) is 17.2. The van der Waals surface area contributed by atoms with Crippen LogP contribution in [0.25, 0.3) is 0 Å². The second-order valence-electron chi connectivity index (χ2n) is 9.44. The van der Waals surface area contributed by atoms with Gasteiger partial charge in [-0.25, -0.2) is 0 Å². The van der Waals surface area contributed by atoms with Crippen molar-refractivity contribution in [1.82, 2.24) is 0 Å². The predicted octanol–water partition coefficient (Wildman–Crippen LogP) is 4.50. The van der Waals surface area contributed by atoms with Crippen LogP contribution in [-0.2, 0) is 23.9 Å². The van der Waals surface area contributed by atoms with Crippen molar-refractivity contribution in [3.8, 4) is 11.5 Å². The van der Waals surface area contributed by atoms with Gasteiger partial charge in [0.15, 0.2) is 11.5 Å². The smallest absolute Gasteiger partial charge is 0.321 e. The van der Waals surface area contributed by atoms with Crippen molar-refractivity contribution < 1.29 is 38.5 Å². The molecule has 9 heteroatoms. The molecular weight excluding hydrogens is 466 g/mol. The Kier molecular flexibility index (Phi) is 11.9. The first-order valence-electron chi connectivity index (χ1n) is 12.9. The van der Waals surface area contributed by atoms with Crippen molar-refractivity contribution in [2.75, 3.05) is 0 Å². The number of aliphatic carboxylic acids is 1. The zero-order valence-corrected chi connectivity index (χ0v) is 21.5. The van der Waals surface area contributed by atoms with Crippen molar-refractivity contribution in [3.05, 3.63) is 23.8 Å². The minimum Gasteiger partial charge on any atom is -0.480 e. The quantitative estimate of drug-likeness (QED) is 0.293. The molecule has 36 heavy (non-hydrogen) atoms. The van der Waals surface area contributed by atoms with Crippen molar-refractivity contribution in [2.45, 2.75) is 103 Å². The number of hydrogen-bond donors (Lipinski definition) is 2. The van der Waals surface area contributed by atoms with Gasteiger partial charge in [0.05, 0.1) is 12.0 Å². The zero-order valence-electron chi connectivity index (χ0n) is 21.5. The molecule has 0 heterocycles. The van der Waals surface area contributed by atoms with Crippen LogP contribution in [0.15, 0.2) is 18.2 Å². The minimum absolute atomic E-state index is 0.0184. The van der Waals surface area contributed by atoms with Gasteiger partial charge < -0.3 is 25.1 Å². The molecule has 1 fully saturated rings. The van der Waals surface area contributed by atoms with Crippen LogP contribution in [0.3, 0.4) is 0 Å². The van der Waals surface area contributed by atoms with Gasteiger partial charge in [0.1, 0.15) is 6.04 Å². The first-order valence-corrected chi connectivity index (χ1v) is 12.9. The third-order valence-electron chi connectivity index (χ3n) is 6.31. The SMILES string of the molecule is CCCC(=O)Oc1ccc(C(CC(C)OC(=O)C2CCCCC2)[C@H](N)C(=O)O)cc1OC(=O)CCC. The fourth-order valence-electron chi connectivity index (χ4n) is 4.38. The summed E-state index contributed by atoms with van der Waals surface area (Å²) >= 11 is 0. The van der Waals surface area contributed by atoms with Crippen LogP contribution in [0.2, 0.25) is 0 Å². The largest absolute Gasteiger partial charge is 0.480 e. The van der Waals surface area contributed by atoms with E-state index in [2.05, 4.69) is 0 Å². The highest BCUT2D eigenvalue weighted by molar-refractivity contribution is 5.77. The van der Waals surface area contributed by atoms with E-state index in [-0.39, 0.29) is 42.6 Å². The van der Waals surface area contributed by atoms with E-state index in [1.807, 2.05) is 13.8 Å². The average Bonchev–Trinajstić information content (AvgIpc) is 2.84. The molecule has 0 radical (unpaired) electrons. The number of benzene rings is 1. The summed E-state index contributed by atoms with van der Waals surface area (Å²) in [5.41, 5.74) is 6.51. The van der Waals surface area contributed by atoms with Crippen LogP contribution >= 0.6 is 0 Å². The first kappa shape index (κ1) is 29.3. The lowest BCUT2D eigenvalue weighted by Gasteiger charge is -2.27. The molecule has 200 valence electrons. The molecule has 0 aliphatic heterocycles. The normalized spacial score (nSPS) is 16.4. The molecule has 1 aromatic rings. The van der Waals surface area contributed by atoms with E-state index < -0.39 is 36.0 Å². The van der Waals surface area contributed by atoms with Crippen molar-refractivity contribution >= 4 is 23.9 Å². The van der Waals surface area contributed by atoms with Crippen LogP contribution in [0.5, 0.6) is 11.5 Å².